The van der Waals surface area contributed by atoms with Gasteiger partial charge in [0.1, 0.15) is 23.5 Å². The Morgan fingerprint density at radius 1 is 1.20 bits per heavy atom. The Hall–Kier alpha value is -3.87. The number of hydrogen-bond acceptors (Lipinski definition) is 5. The van der Waals surface area contributed by atoms with E-state index >= 15 is 0 Å². The smallest absolute Gasteiger partial charge is 0.246 e. The number of carbonyl (C=O) groups excluding carboxylic acids is 1. The monoisotopic (exact) mass is 399 g/mol. The van der Waals surface area contributed by atoms with E-state index in [2.05, 4.69) is 45.5 Å². The number of hydrogen-bond donors (Lipinski definition) is 1. The highest BCUT2D eigenvalue weighted by molar-refractivity contribution is 6.02. The SMILES string of the molecule is C=CC(=O)N1CC(n2cc(-c3ccc4cc(OC)ccc4c3)c3c(N)ncnc32)C1. The summed E-state index contributed by atoms with van der Waals surface area (Å²) in [6.45, 7) is 4.80. The standard InChI is InChI=1S/C23H21N5O2/c1-3-20(29)27-10-17(11-27)28-12-19(21-22(24)25-13-26-23(21)28)16-5-4-15-9-18(30-2)7-6-14(15)8-16/h3-9,12-13,17H,1,10-11H2,2H3,(H2,24,25,26). The van der Waals surface area contributed by atoms with E-state index in [1.54, 1.807) is 12.0 Å². The molecule has 0 bridgehead atoms. The van der Waals surface area contributed by atoms with Crippen LogP contribution in [0.5, 0.6) is 5.75 Å². The van der Waals surface area contributed by atoms with E-state index in [1.165, 1.54) is 12.4 Å². The minimum absolute atomic E-state index is 0.0537. The van der Waals surface area contributed by atoms with Gasteiger partial charge in [-0.3, -0.25) is 4.79 Å². The molecular formula is C23H21N5O2. The van der Waals surface area contributed by atoms with Crippen LogP contribution in [0.2, 0.25) is 0 Å². The minimum Gasteiger partial charge on any atom is -0.497 e. The lowest BCUT2D eigenvalue weighted by molar-refractivity contribution is -0.131. The molecule has 1 amide bonds. The molecule has 2 aromatic carbocycles. The Bertz CT molecular complexity index is 1300. The van der Waals surface area contributed by atoms with Gasteiger partial charge in [-0.1, -0.05) is 24.8 Å². The second kappa shape index (κ2) is 6.88. The molecular weight excluding hydrogens is 378 g/mol. The van der Waals surface area contributed by atoms with Crippen LogP contribution in [0.4, 0.5) is 5.82 Å². The highest BCUT2D eigenvalue weighted by Crippen LogP contribution is 2.37. The fraction of sp³-hybridized carbons (Fsp3) is 0.174. The molecule has 1 aliphatic rings. The first-order valence-corrected chi connectivity index (χ1v) is 9.69. The summed E-state index contributed by atoms with van der Waals surface area (Å²) in [6, 6.07) is 12.4. The van der Waals surface area contributed by atoms with Crippen molar-refractivity contribution < 1.29 is 9.53 Å². The summed E-state index contributed by atoms with van der Waals surface area (Å²) in [6.07, 6.45) is 4.90. The first kappa shape index (κ1) is 18.2. The van der Waals surface area contributed by atoms with Crippen LogP contribution < -0.4 is 10.5 Å². The molecule has 4 aromatic rings. The van der Waals surface area contributed by atoms with Gasteiger partial charge in [-0.15, -0.1) is 0 Å². The van der Waals surface area contributed by atoms with Crippen LogP contribution in [-0.2, 0) is 4.79 Å². The molecule has 0 radical (unpaired) electrons. The number of nitrogens with two attached hydrogens (primary N) is 1. The van der Waals surface area contributed by atoms with Crippen molar-refractivity contribution >= 4 is 33.5 Å². The Morgan fingerprint density at radius 3 is 2.73 bits per heavy atom. The van der Waals surface area contributed by atoms with Crippen molar-refractivity contribution in [2.75, 3.05) is 25.9 Å². The number of nitrogens with zero attached hydrogens (tertiary/aromatic N) is 4. The van der Waals surface area contributed by atoms with Crippen molar-refractivity contribution in [3.63, 3.8) is 0 Å². The van der Waals surface area contributed by atoms with E-state index in [0.29, 0.717) is 18.9 Å². The first-order valence-electron chi connectivity index (χ1n) is 9.69. The Labute approximate surface area is 173 Å². The molecule has 1 aliphatic heterocycles. The number of methoxy groups -OCH3 is 1. The molecule has 1 fully saturated rings. The Morgan fingerprint density at radius 2 is 1.97 bits per heavy atom. The molecule has 1 saturated heterocycles. The van der Waals surface area contributed by atoms with Crippen LogP contribution in [0.15, 0.2) is 61.6 Å². The zero-order valence-corrected chi connectivity index (χ0v) is 16.6. The molecule has 0 unspecified atom stereocenters. The summed E-state index contributed by atoms with van der Waals surface area (Å²) in [5.41, 5.74) is 9.06. The molecule has 150 valence electrons. The number of amides is 1. The van der Waals surface area contributed by atoms with Gasteiger partial charge in [0.15, 0.2) is 0 Å². The molecule has 3 heterocycles. The number of carbonyl (C=O) groups is 1. The van der Waals surface area contributed by atoms with Gasteiger partial charge in [0.25, 0.3) is 0 Å². The Balaban J connectivity index is 1.60. The first-order chi connectivity index (χ1) is 14.6. The van der Waals surface area contributed by atoms with Crippen molar-refractivity contribution in [2.45, 2.75) is 6.04 Å². The fourth-order valence-corrected chi connectivity index (χ4v) is 4.06. The van der Waals surface area contributed by atoms with Crippen molar-refractivity contribution in [1.29, 1.82) is 0 Å². The van der Waals surface area contributed by atoms with Crippen LogP contribution in [0, 0.1) is 0 Å². The predicted octanol–water partition coefficient (Wildman–Crippen LogP) is 3.41. The van der Waals surface area contributed by atoms with Crippen LogP contribution >= 0.6 is 0 Å². The van der Waals surface area contributed by atoms with Gasteiger partial charge in [0.05, 0.1) is 18.5 Å². The quantitative estimate of drug-likeness (QED) is 0.532. The molecule has 0 atom stereocenters. The van der Waals surface area contributed by atoms with Crippen LogP contribution in [-0.4, -0.2) is 45.5 Å². The topological polar surface area (TPSA) is 86.3 Å². The molecule has 5 rings (SSSR count). The number of likely N-dealkylation sites (tertiary alicyclic amines) is 1. The van der Waals surface area contributed by atoms with E-state index in [-0.39, 0.29) is 11.9 Å². The zero-order valence-electron chi connectivity index (χ0n) is 16.6. The second-order valence-corrected chi connectivity index (χ2v) is 7.44. The highest BCUT2D eigenvalue weighted by Gasteiger charge is 2.32. The highest BCUT2D eigenvalue weighted by atomic mass is 16.5. The van der Waals surface area contributed by atoms with E-state index in [1.807, 2.05) is 18.2 Å². The third kappa shape index (κ3) is 2.78. The number of nitrogen functional groups attached to an aromatic ring is 1. The van der Waals surface area contributed by atoms with Gasteiger partial charge in [0.2, 0.25) is 5.91 Å². The summed E-state index contributed by atoms with van der Waals surface area (Å²) < 4.78 is 7.43. The summed E-state index contributed by atoms with van der Waals surface area (Å²) >= 11 is 0. The van der Waals surface area contributed by atoms with Gasteiger partial charge in [-0.2, -0.15) is 0 Å². The number of rotatable bonds is 4. The maximum atomic E-state index is 11.8. The average Bonchev–Trinajstić information content (AvgIpc) is 3.12. The number of ether oxygens (including phenoxy) is 1. The Kier molecular flexibility index (Phi) is 4.17. The van der Waals surface area contributed by atoms with Gasteiger partial charge < -0.3 is 19.9 Å². The largest absolute Gasteiger partial charge is 0.497 e. The third-order valence-corrected chi connectivity index (χ3v) is 5.74. The van der Waals surface area contributed by atoms with Crippen molar-refractivity contribution in [1.82, 2.24) is 19.4 Å². The van der Waals surface area contributed by atoms with Crippen LogP contribution in [0.1, 0.15) is 6.04 Å². The van der Waals surface area contributed by atoms with Crippen LogP contribution in [0.3, 0.4) is 0 Å². The summed E-state index contributed by atoms with van der Waals surface area (Å²) in [5, 5.41) is 3.04. The number of fused-ring (bicyclic) bond motifs is 2. The summed E-state index contributed by atoms with van der Waals surface area (Å²) in [4.78, 5) is 22.3. The van der Waals surface area contributed by atoms with E-state index < -0.39 is 0 Å². The fourth-order valence-electron chi connectivity index (χ4n) is 4.06. The van der Waals surface area contributed by atoms with Crippen molar-refractivity contribution in [2.24, 2.45) is 0 Å². The molecule has 0 spiro atoms. The zero-order chi connectivity index (χ0) is 20.8. The summed E-state index contributed by atoms with van der Waals surface area (Å²) in [7, 11) is 1.66. The van der Waals surface area contributed by atoms with Gasteiger partial charge in [-0.25, -0.2) is 9.97 Å². The average molecular weight is 399 g/mol. The van der Waals surface area contributed by atoms with Crippen molar-refractivity contribution in [3.05, 3.63) is 61.6 Å². The lowest BCUT2D eigenvalue weighted by Crippen LogP contribution is -2.50. The lowest BCUT2D eigenvalue weighted by Gasteiger charge is -2.39. The number of benzene rings is 2. The van der Waals surface area contributed by atoms with Gasteiger partial charge in [0, 0.05) is 24.8 Å². The number of anilines is 1. The minimum atomic E-state index is -0.0537. The third-order valence-electron chi connectivity index (χ3n) is 5.74. The van der Waals surface area contributed by atoms with E-state index in [9.17, 15) is 4.79 Å². The normalized spacial score (nSPS) is 14.1. The predicted molar refractivity (Wildman–Crippen MR) is 117 cm³/mol. The van der Waals surface area contributed by atoms with Crippen LogP contribution in [0.25, 0.3) is 32.9 Å². The molecule has 30 heavy (non-hydrogen) atoms. The maximum absolute atomic E-state index is 11.8. The molecule has 7 nitrogen and oxygen atoms in total. The van der Waals surface area contributed by atoms with Gasteiger partial charge in [-0.05, 0) is 40.6 Å². The lowest BCUT2D eigenvalue weighted by atomic mass is 10.0. The molecule has 7 heteroatoms. The number of aromatic nitrogens is 3. The van der Waals surface area contributed by atoms with Gasteiger partial charge >= 0.3 is 0 Å². The van der Waals surface area contributed by atoms with E-state index in [0.717, 1.165) is 38.7 Å². The summed E-state index contributed by atoms with van der Waals surface area (Å²) in [5.74, 6) is 1.22. The molecule has 2 N–H and O–H groups in total. The van der Waals surface area contributed by atoms with Crippen molar-refractivity contribution in [3.8, 4) is 16.9 Å². The molecule has 2 aromatic heterocycles. The maximum Gasteiger partial charge on any atom is 0.246 e. The second-order valence-electron chi connectivity index (χ2n) is 7.44. The molecule has 0 aliphatic carbocycles. The van der Waals surface area contributed by atoms with E-state index in [4.69, 9.17) is 10.5 Å². The molecule has 0 saturated carbocycles.